The topological polar surface area (TPSA) is 86.7 Å². The maximum absolute atomic E-state index is 14.1. The normalized spacial score (nSPS) is 36.6. The van der Waals surface area contributed by atoms with Crippen molar-refractivity contribution in [3.05, 3.63) is 58.9 Å². The first kappa shape index (κ1) is 34.3. The summed E-state index contributed by atoms with van der Waals surface area (Å²) in [6, 6.07) is 9.57. The standard InChI is InChI=1S/C37H47F3O6S/c1-22(2)30-26(41)20-36(32(42)45-21-23-10-8-7-9-11-23)19-14-25-24(31(30)36)12-13-28-34(25,5)17-15-27-33(3,4)29(16-18-35(27,28)6)46-47(43,44)37(38,39)40/h7-11,16,22,24-25,27-28H,12-15,17-21H2,1-6H3. The largest absolute Gasteiger partial charge is 0.534 e. The number of carbonyl (C=O) groups is 2. The van der Waals surface area contributed by atoms with Crippen LogP contribution in [0.2, 0.25) is 0 Å². The number of carbonyl (C=O) groups excluding carboxylic acids is 2. The van der Waals surface area contributed by atoms with Gasteiger partial charge in [-0.15, -0.1) is 0 Å². The number of benzene rings is 1. The summed E-state index contributed by atoms with van der Waals surface area (Å²) in [5, 5.41) is 0. The predicted octanol–water partition coefficient (Wildman–Crippen LogP) is 8.68. The Morgan fingerprint density at radius 3 is 2.28 bits per heavy atom. The Kier molecular flexibility index (Phi) is 8.17. The van der Waals surface area contributed by atoms with Crippen LogP contribution in [0.1, 0.15) is 98.5 Å². The second kappa shape index (κ2) is 11.2. The van der Waals surface area contributed by atoms with E-state index in [1.807, 2.05) is 44.2 Å². The maximum atomic E-state index is 14.1. The number of alkyl halides is 3. The van der Waals surface area contributed by atoms with Crippen molar-refractivity contribution in [3.63, 3.8) is 0 Å². The number of ketones is 1. The zero-order valence-electron chi connectivity index (χ0n) is 28.2. The summed E-state index contributed by atoms with van der Waals surface area (Å²) in [7, 11) is -5.77. The van der Waals surface area contributed by atoms with E-state index in [0.29, 0.717) is 19.3 Å². The van der Waals surface area contributed by atoms with Crippen LogP contribution in [0.5, 0.6) is 0 Å². The molecule has 0 radical (unpaired) electrons. The van der Waals surface area contributed by atoms with Gasteiger partial charge in [0.25, 0.3) is 0 Å². The first-order chi connectivity index (χ1) is 21.8. The number of hydrogen-bond acceptors (Lipinski definition) is 6. The van der Waals surface area contributed by atoms with Crippen molar-refractivity contribution >= 4 is 21.9 Å². The van der Waals surface area contributed by atoms with Gasteiger partial charge in [0.15, 0.2) is 5.78 Å². The zero-order chi connectivity index (χ0) is 34.4. The fourth-order valence-electron chi connectivity index (χ4n) is 11.3. The fourth-order valence-corrected chi connectivity index (χ4v) is 11.9. The minimum atomic E-state index is -5.77. The van der Waals surface area contributed by atoms with E-state index in [4.69, 9.17) is 8.92 Å². The number of rotatable bonds is 6. The molecule has 6 nitrogen and oxygen atoms in total. The van der Waals surface area contributed by atoms with Gasteiger partial charge in [0.1, 0.15) is 12.4 Å². The first-order valence-electron chi connectivity index (χ1n) is 17.0. The third kappa shape index (κ3) is 5.13. The number of ether oxygens (including phenoxy) is 1. The lowest BCUT2D eigenvalue weighted by Crippen LogP contribution is -2.61. The molecule has 10 heteroatoms. The fraction of sp³-hybridized carbons (Fsp3) is 0.676. The Balaban J connectivity index is 1.32. The number of fused-ring (bicyclic) bond motifs is 7. The third-order valence-corrected chi connectivity index (χ3v) is 14.1. The highest BCUT2D eigenvalue weighted by Crippen LogP contribution is 2.73. The molecule has 7 atom stereocenters. The Bertz CT molecular complexity index is 1630. The van der Waals surface area contributed by atoms with Crippen LogP contribution in [-0.4, -0.2) is 25.7 Å². The van der Waals surface area contributed by atoms with Crippen LogP contribution in [0, 0.1) is 51.2 Å². The summed E-state index contributed by atoms with van der Waals surface area (Å²) >= 11 is 0. The number of Topliss-reactive ketones (excluding diaryl/α,β-unsaturated/α-hetero) is 1. The summed E-state index contributed by atoms with van der Waals surface area (Å²) in [5.74, 6) is 0.0568. The molecule has 0 N–H and O–H groups in total. The molecule has 3 fully saturated rings. The molecule has 1 aromatic rings. The van der Waals surface area contributed by atoms with Gasteiger partial charge < -0.3 is 8.92 Å². The van der Waals surface area contributed by atoms with Crippen molar-refractivity contribution in [3.8, 4) is 0 Å². The van der Waals surface area contributed by atoms with Gasteiger partial charge in [-0.3, -0.25) is 9.59 Å². The average molecular weight is 677 g/mol. The van der Waals surface area contributed by atoms with Gasteiger partial charge in [0.2, 0.25) is 0 Å². The number of hydrogen-bond donors (Lipinski definition) is 0. The Labute approximate surface area is 276 Å². The summed E-state index contributed by atoms with van der Waals surface area (Å²) in [6.07, 6.45) is 6.72. The number of allylic oxidation sites excluding steroid dienone is 3. The van der Waals surface area contributed by atoms with Gasteiger partial charge >= 0.3 is 21.6 Å². The third-order valence-electron chi connectivity index (χ3n) is 13.2. The SMILES string of the molecule is CC(C)C1=C2C3CCC4C(C)(CCC5C(C)(C)C(OS(=O)(=O)C(F)(F)F)=CCC54C)C3CCC2(C(=O)OCc2ccccc2)CC1=O. The van der Waals surface area contributed by atoms with Crippen LogP contribution >= 0.6 is 0 Å². The molecule has 0 heterocycles. The van der Waals surface area contributed by atoms with Crippen LogP contribution in [0.3, 0.4) is 0 Å². The molecule has 0 saturated heterocycles. The molecule has 1 aromatic carbocycles. The Morgan fingerprint density at radius 1 is 0.957 bits per heavy atom. The molecule has 0 amide bonds. The zero-order valence-corrected chi connectivity index (χ0v) is 29.0. The molecule has 5 aliphatic rings. The molecule has 0 spiro atoms. The lowest BCUT2D eigenvalue weighted by atomic mass is 9.37. The van der Waals surface area contributed by atoms with Crippen LogP contribution < -0.4 is 0 Å². The smallest absolute Gasteiger partial charge is 0.460 e. The molecule has 3 saturated carbocycles. The molecule has 6 rings (SSSR count). The van der Waals surface area contributed by atoms with E-state index in [9.17, 15) is 31.2 Å². The minimum absolute atomic E-state index is 0.0190. The van der Waals surface area contributed by atoms with E-state index in [1.54, 1.807) is 19.9 Å². The Morgan fingerprint density at radius 2 is 1.64 bits per heavy atom. The summed E-state index contributed by atoms with van der Waals surface area (Å²) in [6.45, 7) is 12.4. The molecule has 258 valence electrons. The lowest BCUT2D eigenvalue weighted by Gasteiger charge is -2.67. The summed E-state index contributed by atoms with van der Waals surface area (Å²) in [4.78, 5) is 27.8. The van der Waals surface area contributed by atoms with Crippen LogP contribution in [0.4, 0.5) is 13.2 Å². The van der Waals surface area contributed by atoms with Gasteiger partial charge in [0.05, 0.1) is 5.41 Å². The molecule has 0 bridgehead atoms. The monoisotopic (exact) mass is 676 g/mol. The molecule has 5 aliphatic carbocycles. The number of esters is 1. The highest BCUT2D eigenvalue weighted by molar-refractivity contribution is 7.87. The minimum Gasteiger partial charge on any atom is -0.460 e. The second-order valence-electron chi connectivity index (χ2n) is 16.2. The van der Waals surface area contributed by atoms with E-state index >= 15 is 0 Å². The molecule has 7 unspecified atom stereocenters. The van der Waals surface area contributed by atoms with Crippen LogP contribution in [-0.2, 0) is 35.2 Å². The van der Waals surface area contributed by atoms with E-state index < -0.39 is 26.5 Å². The number of halogens is 3. The highest BCUT2D eigenvalue weighted by atomic mass is 32.2. The summed E-state index contributed by atoms with van der Waals surface area (Å²) in [5.41, 5.74) is -5.07. The van der Waals surface area contributed by atoms with Gasteiger partial charge in [-0.05, 0) is 108 Å². The highest BCUT2D eigenvalue weighted by Gasteiger charge is 2.67. The van der Waals surface area contributed by atoms with E-state index in [1.165, 1.54) is 0 Å². The van der Waals surface area contributed by atoms with E-state index in [0.717, 1.165) is 42.4 Å². The quantitative estimate of drug-likeness (QED) is 0.170. The Hall–Kier alpha value is -2.62. The van der Waals surface area contributed by atoms with E-state index in [2.05, 4.69) is 13.8 Å². The van der Waals surface area contributed by atoms with Gasteiger partial charge in [-0.25, -0.2) is 0 Å². The molecular formula is C37H47F3O6S. The average Bonchev–Trinajstić information content (AvgIpc) is 3.30. The van der Waals surface area contributed by atoms with Crippen LogP contribution in [0.15, 0.2) is 53.3 Å². The van der Waals surface area contributed by atoms with Crippen molar-refractivity contribution in [2.24, 2.45) is 51.2 Å². The van der Waals surface area contributed by atoms with Gasteiger partial charge in [-0.2, -0.15) is 21.6 Å². The van der Waals surface area contributed by atoms with Crippen molar-refractivity contribution in [2.45, 2.75) is 105 Å². The summed E-state index contributed by atoms with van der Waals surface area (Å²) < 4.78 is 74.6. The maximum Gasteiger partial charge on any atom is 0.534 e. The molecule has 0 aliphatic heterocycles. The predicted molar refractivity (Wildman–Crippen MR) is 171 cm³/mol. The second-order valence-corrected chi connectivity index (χ2v) is 17.7. The van der Waals surface area contributed by atoms with Crippen LogP contribution in [0.25, 0.3) is 0 Å². The molecular weight excluding hydrogens is 629 g/mol. The molecule has 47 heavy (non-hydrogen) atoms. The lowest BCUT2D eigenvalue weighted by molar-refractivity contribution is -0.173. The molecule has 0 aromatic heterocycles. The van der Waals surface area contributed by atoms with Crippen molar-refractivity contribution in [1.82, 2.24) is 0 Å². The van der Waals surface area contributed by atoms with Gasteiger partial charge in [0, 0.05) is 11.8 Å². The van der Waals surface area contributed by atoms with Crippen molar-refractivity contribution in [1.29, 1.82) is 0 Å². The van der Waals surface area contributed by atoms with Crippen molar-refractivity contribution in [2.75, 3.05) is 0 Å². The first-order valence-corrected chi connectivity index (χ1v) is 18.4. The van der Waals surface area contributed by atoms with Crippen molar-refractivity contribution < 1.29 is 40.1 Å². The van der Waals surface area contributed by atoms with Gasteiger partial charge in [-0.1, -0.05) is 71.9 Å². The van der Waals surface area contributed by atoms with E-state index in [-0.39, 0.29) is 71.0 Å².